The van der Waals surface area contributed by atoms with E-state index in [-0.39, 0.29) is 6.61 Å². The van der Waals surface area contributed by atoms with E-state index in [0.29, 0.717) is 5.75 Å². The highest BCUT2D eigenvalue weighted by molar-refractivity contribution is 5.59. The van der Waals surface area contributed by atoms with Gasteiger partial charge in [-0.15, -0.1) is 0 Å². The van der Waals surface area contributed by atoms with Gasteiger partial charge in [-0.1, -0.05) is 63.3 Å². The summed E-state index contributed by atoms with van der Waals surface area (Å²) in [6.07, 6.45) is 9.80. The Balaban J connectivity index is 1.81. The van der Waals surface area contributed by atoms with Crippen molar-refractivity contribution >= 4 is 0 Å². The number of benzene rings is 1. The second-order valence-electron chi connectivity index (χ2n) is 6.69. The molecule has 1 heterocycles. The van der Waals surface area contributed by atoms with Crippen molar-refractivity contribution in [3.05, 3.63) is 48.2 Å². The molecule has 0 amide bonds. The van der Waals surface area contributed by atoms with Crippen LogP contribution in [0.5, 0.6) is 5.75 Å². The van der Waals surface area contributed by atoms with Gasteiger partial charge in [0, 0.05) is 5.56 Å². The molecule has 0 saturated heterocycles. The lowest BCUT2D eigenvalue weighted by Crippen LogP contribution is -2.08. The van der Waals surface area contributed by atoms with Gasteiger partial charge < -0.3 is 4.74 Å². The highest BCUT2D eigenvalue weighted by Gasteiger charge is 2.03. The molecule has 0 saturated carbocycles. The number of alkyl halides is 1. The van der Waals surface area contributed by atoms with Crippen molar-refractivity contribution < 1.29 is 9.13 Å². The summed E-state index contributed by atoms with van der Waals surface area (Å²) in [7, 11) is 0. The van der Waals surface area contributed by atoms with Crippen LogP contribution in [-0.4, -0.2) is 17.8 Å². The first-order chi connectivity index (χ1) is 12.2. The fourth-order valence-electron chi connectivity index (χ4n) is 2.80. The number of rotatable bonds is 11. The molecule has 0 aliphatic carbocycles. The number of aryl methyl sites for hydroxylation is 1. The van der Waals surface area contributed by atoms with E-state index in [1.54, 1.807) is 6.20 Å². The predicted octanol–water partition coefficient (Wildman–Crippen LogP) is 6.39. The SMILES string of the molecule is CCCCCCCCc1ccc(-c2ccc(OCC(C)F)cn2)cc1. The number of halogens is 1. The third-order valence-electron chi connectivity index (χ3n) is 4.28. The maximum absolute atomic E-state index is 12.8. The van der Waals surface area contributed by atoms with Crippen LogP contribution >= 0.6 is 0 Å². The molecule has 0 fully saturated rings. The van der Waals surface area contributed by atoms with Crippen LogP contribution < -0.4 is 4.74 Å². The normalized spacial score (nSPS) is 12.1. The lowest BCUT2D eigenvalue weighted by atomic mass is 10.0. The monoisotopic (exact) mass is 343 g/mol. The number of nitrogens with zero attached hydrogens (tertiary/aromatic N) is 1. The Hall–Kier alpha value is -1.90. The largest absolute Gasteiger partial charge is 0.489 e. The van der Waals surface area contributed by atoms with Crippen molar-refractivity contribution in [1.29, 1.82) is 0 Å². The molecule has 0 aliphatic rings. The zero-order chi connectivity index (χ0) is 17.9. The van der Waals surface area contributed by atoms with Crippen molar-refractivity contribution in [2.45, 2.75) is 65.0 Å². The number of hydrogen-bond acceptors (Lipinski definition) is 2. The Labute approximate surface area is 151 Å². The molecule has 25 heavy (non-hydrogen) atoms. The molecule has 2 nitrogen and oxygen atoms in total. The van der Waals surface area contributed by atoms with E-state index < -0.39 is 6.17 Å². The highest BCUT2D eigenvalue weighted by Crippen LogP contribution is 2.21. The number of unbranched alkanes of at least 4 members (excludes halogenated alkanes) is 5. The van der Waals surface area contributed by atoms with Crippen LogP contribution in [-0.2, 0) is 6.42 Å². The van der Waals surface area contributed by atoms with Crippen LogP contribution in [0.4, 0.5) is 4.39 Å². The van der Waals surface area contributed by atoms with Gasteiger partial charge in [0.2, 0.25) is 0 Å². The standard InChI is InChI=1S/C22H30FNO/c1-3-4-5-6-7-8-9-19-10-12-20(13-11-19)22-15-14-21(16-24-22)25-17-18(2)23/h10-16,18H,3-9,17H2,1-2H3. The summed E-state index contributed by atoms with van der Waals surface area (Å²) in [5.74, 6) is 0.605. The van der Waals surface area contributed by atoms with Crippen LogP contribution in [0, 0.1) is 0 Å². The van der Waals surface area contributed by atoms with Crippen LogP contribution in [0.1, 0.15) is 57.9 Å². The van der Waals surface area contributed by atoms with Gasteiger partial charge >= 0.3 is 0 Å². The van der Waals surface area contributed by atoms with E-state index in [4.69, 9.17) is 4.74 Å². The van der Waals surface area contributed by atoms with Gasteiger partial charge in [-0.25, -0.2) is 4.39 Å². The Morgan fingerprint density at radius 2 is 1.68 bits per heavy atom. The average molecular weight is 343 g/mol. The molecule has 2 aromatic rings. The van der Waals surface area contributed by atoms with E-state index in [1.165, 1.54) is 51.0 Å². The highest BCUT2D eigenvalue weighted by atomic mass is 19.1. The van der Waals surface area contributed by atoms with E-state index in [2.05, 4.69) is 36.2 Å². The minimum Gasteiger partial charge on any atom is -0.489 e. The summed E-state index contributed by atoms with van der Waals surface area (Å²) in [6, 6.07) is 12.4. The zero-order valence-corrected chi connectivity index (χ0v) is 15.5. The average Bonchev–Trinajstić information content (AvgIpc) is 2.64. The maximum atomic E-state index is 12.8. The lowest BCUT2D eigenvalue weighted by molar-refractivity contribution is 0.209. The van der Waals surface area contributed by atoms with Gasteiger partial charge in [0.05, 0.1) is 11.9 Å². The number of pyridine rings is 1. The first-order valence-corrected chi connectivity index (χ1v) is 9.51. The van der Waals surface area contributed by atoms with Gasteiger partial charge in [0.25, 0.3) is 0 Å². The van der Waals surface area contributed by atoms with Crippen molar-refractivity contribution in [3.63, 3.8) is 0 Å². The molecule has 136 valence electrons. The molecule has 0 spiro atoms. The second-order valence-corrected chi connectivity index (χ2v) is 6.69. The van der Waals surface area contributed by atoms with E-state index >= 15 is 0 Å². The molecule has 1 aromatic carbocycles. The van der Waals surface area contributed by atoms with E-state index in [0.717, 1.165) is 17.7 Å². The van der Waals surface area contributed by atoms with Crippen LogP contribution in [0.15, 0.2) is 42.6 Å². The van der Waals surface area contributed by atoms with Gasteiger partial charge in [-0.2, -0.15) is 0 Å². The molecule has 3 heteroatoms. The molecular weight excluding hydrogens is 313 g/mol. The number of ether oxygens (including phenoxy) is 1. The number of aromatic nitrogens is 1. The van der Waals surface area contributed by atoms with Crippen LogP contribution in [0.2, 0.25) is 0 Å². The van der Waals surface area contributed by atoms with Crippen molar-refractivity contribution in [2.75, 3.05) is 6.61 Å². The third-order valence-corrected chi connectivity index (χ3v) is 4.28. The molecule has 0 N–H and O–H groups in total. The molecule has 1 unspecified atom stereocenters. The van der Waals surface area contributed by atoms with E-state index in [1.807, 2.05) is 12.1 Å². The van der Waals surface area contributed by atoms with Crippen molar-refractivity contribution in [2.24, 2.45) is 0 Å². The first kappa shape index (κ1) is 19.4. The molecule has 0 bridgehead atoms. The third kappa shape index (κ3) is 7.25. The Bertz CT molecular complexity index is 592. The summed E-state index contributed by atoms with van der Waals surface area (Å²) in [5, 5.41) is 0. The van der Waals surface area contributed by atoms with Crippen molar-refractivity contribution in [1.82, 2.24) is 4.98 Å². The molecule has 1 aromatic heterocycles. The minimum atomic E-state index is -0.973. The molecule has 2 rings (SSSR count). The summed E-state index contributed by atoms with van der Waals surface area (Å²) in [4.78, 5) is 4.41. The minimum absolute atomic E-state index is 0.0637. The topological polar surface area (TPSA) is 22.1 Å². The number of hydrogen-bond donors (Lipinski definition) is 0. The molecule has 0 radical (unpaired) electrons. The van der Waals surface area contributed by atoms with Gasteiger partial charge in [0.15, 0.2) is 0 Å². The lowest BCUT2D eigenvalue weighted by Gasteiger charge is -2.08. The quantitative estimate of drug-likeness (QED) is 0.441. The summed E-state index contributed by atoms with van der Waals surface area (Å²) in [6.45, 7) is 3.80. The Morgan fingerprint density at radius 1 is 0.960 bits per heavy atom. The fraction of sp³-hybridized carbons (Fsp3) is 0.500. The molecular formula is C22H30FNO. The van der Waals surface area contributed by atoms with Crippen molar-refractivity contribution in [3.8, 4) is 17.0 Å². The van der Waals surface area contributed by atoms with Gasteiger partial charge in [-0.3, -0.25) is 4.98 Å². The zero-order valence-electron chi connectivity index (χ0n) is 15.5. The van der Waals surface area contributed by atoms with Crippen LogP contribution in [0.3, 0.4) is 0 Å². The second kappa shape index (κ2) is 10.9. The smallest absolute Gasteiger partial charge is 0.137 e. The van der Waals surface area contributed by atoms with E-state index in [9.17, 15) is 4.39 Å². The van der Waals surface area contributed by atoms with Crippen LogP contribution in [0.25, 0.3) is 11.3 Å². The maximum Gasteiger partial charge on any atom is 0.137 e. The van der Waals surface area contributed by atoms with Gasteiger partial charge in [0.1, 0.15) is 18.5 Å². The summed E-state index contributed by atoms with van der Waals surface area (Å²) < 4.78 is 18.1. The van der Waals surface area contributed by atoms with Gasteiger partial charge in [-0.05, 0) is 37.5 Å². The Morgan fingerprint density at radius 3 is 2.32 bits per heavy atom. The summed E-state index contributed by atoms with van der Waals surface area (Å²) >= 11 is 0. The Kier molecular flexibility index (Phi) is 8.44. The molecule has 0 aliphatic heterocycles. The first-order valence-electron chi connectivity index (χ1n) is 9.51. The fourth-order valence-corrected chi connectivity index (χ4v) is 2.80. The predicted molar refractivity (Wildman–Crippen MR) is 103 cm³/mol. The molecule has 1 atom stereocenters. The summed E-state index contributed by atoms with van der Waals surface area (Å²) in [5.41, 5.74) is 3.39.